The largest absolute Gasteiger partial charge is 0.481 e. The van der Waals surface area contributed by atoms with Crippen molar-refractivity contribution < 1.29 is 19.5 Å². The monoisotopic (exact) mass is 316 g/mol. The van der Waals surface area contributed by atoms with E-state index >= 15 is 0 Å². The van der Waals surface area contributed by atoms with Crippen LogP contribution in [0.1, 0.15) is 39.5 Å². The number of amides is 3. The fourth-order valence-electron chi connectivity index (χ4n) is 2.31. The number of carboxylic acid groups (broad SMARTS) is 1. The molecule has 1 fully saturated rings. The van der Waals surface area contributed by atoms with Crippen LogP contribution >= 0.6 is 11.8 Å². The van der Waals surface area contributed by atoms with E-state index in [4.69, 9.17) is 5.11 Å². The molecule has 0 aromatic rings. The van der Waals surface area contributed by atoms with Crippen LogP contribution in [0.15, 0.2) is 0 Å². The highest BCUT2D eigenvalue weighted by Crippen LogP contribution is 2.24. The first kappa shape index (κ1) is 17.8. The number of nitrogens with one attached hydrogen (secondary N) is 2. The number of carboxylic acids is 1. The van der Waals surface area contributed by atoms with Crippen molar-refractivity contribution in [3.05, 3.63) is 0 Å². The Morgan fingerprint density at radius 1 is 1.19 bits per heavy atom. The molecule has 120 valence electrons. The topological polar surface area (TPSA) is 95.5 Å². The predicted molar refractivity (Wildman–Crippen MR) is 82.2 cm³/mol. The maximum Gasteiger partial charge on any atom is 0.321 e. The molecule has 1 saturated heterocycles. The van der Waals surface area contributed by atoms with Gasteiger partial charge in [-0.15, -0.1) is 0 Å². The van der Waals surface area contributed by atoms with Crippen molar-refractivity contribution in [2.24, 2.45) is 11.3 Å². The summed E-state index contributed by atoms with van der Waals surface area (Å²) < 4.78 is 0. The Kier molecular flexibility index (Phi) is 7.01. The van der Waals surface area contributed by atoms with Gasteiger partial charge in [0.2, 0.25) is 5.91 Å². The summed E-state index contributed by atoms with van der Waals surface area (Å²) in [5, 5.41) is 13.7. The van der Waals surface area contributed by atoms with Crippen LogP contribution in [-0.2, 0) is 9.59 Å². The van der Waals surface area contributed by atoms with Crippen LogP contribution in [0.3, 0.4) is 0 Å². The summed E-state index contributed by atoms with van der Waals surface area (Å²) in [6.07, 6.45) is 2.07. The average Bonchev–Trinajstić information content (AvgIpc) is 2.35. The molecule has 0 bridgehead atoms. The van der Waals surface area contributed by atoms with Crippen molar-refractivity contribution >= 4 is 29.7 Å². The molecular formula is C14H24N2O4S. The average molecular weight is 316 g/mol. The molecule has 3 N–H and O–H groups in total. The lowest BCUT2D eigenvalue weighted by Gasteiger charge is -2.22. The van der Waals surface area contributed by atoms with Crippen molar-refractivity contribution in [1.29, 1.82) is 0 Å². The number of rotatable bonds is 6. The van der Waals surface area contributed by atoms with Crippen LogP contribution in [0.2, 0.25) is 0 Å². The van der Waals surface area contributed by atoms with Gasteiger partial charge in [0.1, 0.15) is 0 Å². The highest BCUT2D eigenvalue weighted by molar-refractivity contribution is 7.99. The van der Waals surface area contributed by atoms with Crippen molar-refractivity contribution in [2.75, 3.05) is 18.1 Å². The van der Waals surface area contributed by atoms with Crippen LogP contribution in [0.5, 0.6) is 0 Å². The molecule has 1 rings (SSSR count). The van der Waals surface area contributed by atoms with Gasteiger partial charge in [-0.1, -0.05) is 13.8 Å². The number of hydrogen-bond donors (Lipinski definition) is 3. The third kappa shape index (κ3) is 7.94. The number of thioether (sulfide) groups is 1. The summed E-state index contributed by atoms with van der Waals surface area (Å²) in [5.41, 5.74) is -0.670. The van der Waals surface area contributed by atoms with Gasteiger partial charge in [0.15, 0.2) is 0 Å². The number of carbonyl (C=O) groups is 3. The van der Waals surface area contributed by atoms with E-state index in [1.807, 2.05) is 11.8 Å². The highest BCUT2D eigenvalue weighted by atomic mass is 32.2. The third-order valence-corrected chi connectivity index (χ3v) is 4.46. The van der Waals surface area contributed by atoms with E-state index in [1.165, 1.54) is 0 Å². The first-order valence-corrected chi connectivity index (χ1v) is 8.31. The minimum Gasteiger partial charge on any atom is -0.481 e. The van der Waals surface area contributed by atoms with Crippen LogP contribution < -0.4 is 10.6 Å². The Balaban J connectivity index is 2.26. The minimum absolute atomic E-state index is 0.00673. The third-order valence-electron chi connectivity index (χ3n) is 3.41. The molecule has 7 heteroatoms. The van der Waals surface area contributed by atoms with Crippen LogP contribution in [0.4, 0.5) is 4.79 Å². The lowest BCUT2D eigenvalue weighted by molar-refractivity contribution is -0.139. The number of carbonyl (C=O) groups excluding carboxylic acids is 2. The first-order chi connectivity index (χ1) is 9.78. The molecule has 0 unspecified atom stereocenters. The maximum absolute atomic E-state index is 11.7. The predicted octanol–water partition coefficient (Wildman–Crippen LogP) is 1.85. The molecule has 3 amide bonds. The van der Waals surface area contributed by atoms with Crippen LogP contribution in [0, 0.1) is 11.3 Å². The van der Waals surface area contributed by atoms with Gasteiger partial charge in [-0.2, -0.15) is 11.8 Å². The second kappa shape index (κ2) is 8.26. The SMILES string of the molecule is CC(C)(CC(=O)O)CC(=O)NC(=O)NCC1CCSCC1. The Morgan fingerprint density at radius 3 is 2.38 bits per heavy atom. The molecule has 1 aliphatic rings. The zero-order valence-corrected chi connectivity index (χ0v) is 13.4. The summed E-state index contributed by atoms with van der Waals surface area (Å²) in [5.74, 6) is 1.33. The number of hydrogen-bond acceptors (Lipinski definition) is 4. The van der Waals surface area contributed by atoms with Gasteiger partial charge in [0, 0.05) is 13.0 Å². The summed E-state index contributed by atoms with van der Waals surface area (Å²) in [4.78, 5) is 34.1. The van der Waals surface area contributed by atoms with Crippen LogP contribution in [-0.4, -0.2) is 41.1 Å². The maximum atomic E-state index is 11.7. The van der Waals surface area contributed by atoms with Gasteiger partial charge in [-0.05, 0) is 35.7 Å². The molecule has 6 nitrogen and oxygen atoms in total. The van der Waals surface area contributed by atoms with E-state index < -0.39 is 23.3 Å². The molecule has 0 aromatic carbocycles. The second-order valence-electron chi connectivity index (χ2n) is 6.23. The van der Waals surface area contributed by atoms with Gasteiger partial charge in [-0.25, -0.2) is 4.79 Å². The summed E-state index contributed by atoms with van der Waals surface area (Å²) in [7, 11) is 0. The highest BCUT2D eigenvalue weighted by Gasteiger charge is 2.26. The minimum atomic E-state index is -0.951. The summed E-state index contributed by atoms with van der Waals surface area (Å²) >= 11 is 1.92. The Morgan fingerprint density at radius 2 is 1.81 bits per heavy atom. The number of imide groups is 1. The molecular weight excluding hydrogens is 292 g/mol. The van der Waals surface area contributed by atoms with E-state index in [0.717, 1.165) is 24.3 Å². The Bertz CT molecular complexity index is 392. The molecule has 0 saturated carbocycles. The molecule has 1 aliphatic heterocycles. The molecule has 1 heterocycles. The van der Waals surface area contributed by atoms with Crippen molar-refractivity contribution in [3.8, 4) is 0 Å². The van der Waals surface area contributed by atoms with Gasteiger partial charge < -0.3 is 10.4 Å². The number of aliphatic carboxylic acids is 1. The Labute approximate surface area is 129 Å². The lowest BCUT2D eigenvalue weighted by Crippen LogP contribution is -2.43. The lowest BCUT2D eigenvalue weighted by atomic mass is 9.85. The zero-order chi connectivity index (χ0) is 15.9. The molecule has 0 aliphatic carbocycles. The van der Waals surface area contributed by atoms with Gasteiger partial charge in [0.25, 0.3) is 0 Å². The van der Waals surface area contributed by atoms with Gasteiger partial charge >= 0.3 is 12.0 Å². The van der Waals surface area contributed by atoms with Crippen molar-refractivity contribution in [1.82, 2.24) is 10.6 Å². The van der Waals surface area contributed by atoms with Gasteiger partial charge in [0.05, 0.1) is 6.42 Å². The van der Waals surface area contributed by atoms with Crippen molar-refractivity contribution in [2.45, 2.75) is 39.5 Å². The summed E-state index contributed by atoms with van der Waals surface area (Å²) in [6, 6.07) is -0.496. The molecule has 21 heavy (non-hydrogen) atoms. The van der Waals surface area contributed by atoms with Crippen molar-refractivity contribution in [3.63, 3.8) is 0 Å². The number of urea groups is 1. The van der Waals surface area contributed by atoms with Crippen LogP contribution in [0.25, 0.3) is 0 Å². The molecule has 0 atom stereocenters. The first-order valence-electron chi connectivity index (χ1n) is 7.16. The normalized spacial score (nSPS) is 16.3. The van der Waals surface area contributed by atoms with E-state index in [-0.39, 0.29) is 12.8 Å². The Hall–Kier alpha value is -1.24. The van der Waals surface area contributed by atoms with E-state index in [1.54, 1.807) is 13.8 Å². The second-order valence-corrected chi connectivity index (χ2v) is 7.45. The molecule has 0 aromatic heterocycles. The molecule has 0 spiro atoms. The van der Waals surface area contributed by atoms with E-state index in [0.29, 0.717) is 12.5 Å². The standard InChI is InChI=1S/C14H24N2O4S/c1-14(2,8-12(18)19)7-11(17)16-13(20)15-9-10-3-5-21-6-4-10/h10H,3-9H2,1-2H3,(H,18,19)(H2,15,16,17,20). The quantitative estimate of drug-likeness (QED) is 0.695. The molecule has 0 radical (unpaired) electrons. The summed E-state index contributed by atoms with van der Waals surface area (Å²) in [6.45, 7) is 3.97. The zero-order valence-electron chi connectivity index (χ0n) is 12.6. The smallest absolute Gasteiger partial charge is 0.321 e. The van der Waals surface area contributed by atoms with E-state index in [2.05, 4.69) is 10.6 Å². The van der Waals surface area contributed by atoms with E-state index in [9.17, 15) is 14.4 Å². The van der Waals surface area contributed by atoms with Gasteiger partial charge in [-0.3, -0.25) is 14.9 Å². The fraction of sp³-hybridized carbons (Fsp3) is 0.786. The fourth-order valence-corrected chi connectivity index (χ4v) is 3.51.